The summed E-state index contributed by atoms with van der Waals surface area (Å²) in [6.07, 6.45) is 9.20. The van der Waals surface area contributed by atoms with E-state index in [0.717, 1.165) is 12.5 Å². The molecule has 0 N–H and O–H groups in total. The average Bonchev–Trinajstić information content (AvgIpc) is 3.11. The first-order valence-corrected chi connectivity index (χ1v) is 9.08. The lowest BCUT2D eigenvalue weighted by Gasteiger charge is -2.38. The molecule has 1 atom stereocenters. The molecule has 1 unspecified atom stereocenters. The van der Waals surface area contributed by atoms with Crippen LogP contribution in [0.2, 0.25) is 0 Å². The molecule has 1 aromatic heterocycles. The van der Waals surface area contributed by atoms with Gasteiger partial charge in [0.2, 0.25) is 0 Å². The third-order valence-electron chi connectivity index (χ3n) is 5.32. The van der Waals surface area contributed by atoms with Gasteiger partial charge in [0.05, 0.1) is 0 Å². The summed E-state index contributed by atoms with van der Waals surface area (Å²) in [6.45, 7) is 5.64. The molecule has 0 saturated carbocycles. The first kappa shape index (κ1) is 17.2. The smallest absolute Gasteiger partial charge is 0.0494 e. The molecule has 1 aliphatic heterocycles. The molecule has 2 heterocycles. The van der Waals surface area contributed by atoms with Crippen LogP contribution in [0.4, 0.5) is 0 Å². The van der Waals surface area contributed by atoms with Crippen LogP contribution in [0, 0.1) is 12.3 Å². The molecule has 1 fully saturated rings. The lowest BCUT2D eigenvalue weighted by atomic mass is 9.87. The third-order valence-corrected chi connectivity index (χ3v) is 5.32. The fourth-order valence-electron chi connectivity index (χ4n) is 4.08. The van der Waals surface area contributed by atoms with E-state index in [1.54, 1.807) is 0 Å². The van der Waals surface area contributed by atoms with Gasteiger partial charge in [-0.15, -0.1) is 0 Å². The molecular formula is C21H30N3. The summed E-state index contributed by atoms with van der Waals surface area (Å²) < 4.78 is 2.22. The molecule has 129 valence electrons. The van der Waals surface area contributed by atoms with Gasteiger partial charge in [0.1, 0.15) is 0 Å². The predicted octanol–water partition coefficient (Wildman–Crippen LogP) is 3.84. The van der Waals surface area contributed by atoms with Gasteiger partial charge in [-0.05, 0) is 76.1 Å². The molecule has 0 spiro atoms. The molecular weight excluding hydrogens is 294 g/mol. The zero-order chi connectivity index (χ0) is 16.9. The van der Waals surface area contributed by atoms with Crippen LogP contribution in [0.15, 0.2) is 48.8 Å². The van der Waals surface area contributed by atoms with Gasteiger partial charge in [0, 0.05) is 30.7 Å². The maximum absolute atomic E-state index is 2.61. The molecule has 0 aliphatic carbocycles. The minimum atomic E-state index is 0.610. The van der Waals surface area contributed by atoms with Crippen molar-refractivity contribution in [1.82, 2.24) is 14.4 Å². The molecule has 1 saturated heterocycles. The van der Waals surface area contributed by atoms with Crippen LogP contribution in [0.1, 0.15) is 25.3 Å². The normalized spacial score (nSPS) is 18.2. The summed E-state index contributed by atoms with van der Waals surface area (Å²) in [4.78, 5) is 4.98. The van der Waals surface area contributed by atoms with Crippen molar-refractivity contribution in [1.29, 1.82) is 0 Å². The highest BCUT2D eigenvalue weighted by molar-refractivity contribution is 5.41. The highest BCUT2D eigenvalue weighted by Crippen LogP contribution is 2.26. The van der Waals surface area contributed by atoms with Gasteiger partial charge in [-0.3, -0.25) is 4.90 Å². The first-order valence-electron chi connectivity index (χ1n) is 9.08. The summed E-state index contributed by atoms with van der Waals surface area (Å²) >= 11 is 0. The van der Waals surface area contributed by atoms with Crippen LogP contribution in [0.3, 0.4) is 0 Å². The quantitative estimate of drug-likeness (QED) is 0.800. The van der Waals surface area contributed by atoms with E-state index in [-0.39, 0.29) is 0 Å². The van der Waals surface area contributed by atoms with Crippen molar-refractivity contribution in [2.24, 2.45) is 5.92 Å². The number of nitrogens with zero attached hydrogens (tertiary/aromatic N) is 3. The standard InChI is InChI=1S/C21H30N3/c1-4-20(22(2)3)18-11-15-23(16-12-18)17-19-9-5-6-10-21(19)24-13-7-8-14-24/h4-10,13-14,18,20H,11-12,15-17H2,1-3H3. The van der Waals surface area contributed by atoms with Crippen molar-refractivity contribution in [2.45, 2.75) is 32.4 Å². The van der Waals surface area contributed by atoms with Crippen molar-refractivity contribution >= 4 is 0 Å². The summed E-state index contributed by atoms with van der Waals surface area (Å²) in [5.74, 6) is 0.793. The number of aromatic nitrogens is 1. The predicted molar refractivity (Wildman–Crippen MR) is 101 cm³/mol. The Hall–Kier alpha value is -1.58. The zero-order valence-corrected chi connectivity index (χ0v) is 15.2. The Morgan fingerprint density at radius 3 is 2.38 bits per heavy atom. The van der Waals surface area contributed by atoms with Gasteiger partial charge in [-0.1, -0.05) is 25.1 Å². The molecule has 24 heavy (non-hydrogen) atoms. The van der Waals surface area contributed by atoms with E-state index in [2.05, 4.69) is 90.6 Å². The Balaban J connectivity index is 1.63. The SMILES string of the molecule is C[CH]C(C1CCN(Cc2ccccc2-n2cccc2)CC1)N(C)C. The second kappa shape index (κ2) is 8.00. The fraction of sp³-hybridized carbons (Fsp3) is 0.476. The number of hydrogen-bond donors (Lipinski definition) is 0. The Morgan fingerprint density at radius 2 is 1.75 bits per heavy atom. The molecule has 1 radical (unpaired) electrons. The topological polar surface area (TPSA) is 11.4 Å². The lowest BCUT2D eigenvalue weighted by molar-refractivity contribution is 0.126. The summed E-state index contributed by atoms with van der Waals surface area (Å²) in [7, 11) is 4.40. The maximum Gasteiger partial charge on any atom is 0.0494 e. The van der Waals surface area contributed by atoms with Crippen molar-refractivity contribution in [3.63, 3.8) is 0 Å². The number of hydrogen-bond acceptors (Lipinski definition) is 2. The monoisotopic (exact) mass is 324 g/mol. The maximum atomic E-state index is 2.61. The third kappa shape index (κ3) is 3.90. The first-order chi connectivity index (χ1) is 11.7. The van der Waals surface area contributed by atoms with Gasteiger partial charge in [0.25, 0.3) is 0 Å². The minimum Gasteiger partial charge on any atom is -0.324 e. The number of likely N-dealkylation sites (tertiary alicyclic amines) is 1. The molecule has 2 aromatic rings. The molecule has 3 rings (SSSR count). The van der Waals surface area contributed by atoms with E-state index in [1.165, 1.54) is 37.2 Å². The molecule has 0 amide bonds. The fourth-order valence-corrected chi connectivity index (χ4v) is 4.08. The van der Waals surface area contributed by atoms with Crippen molar-refractivity contribution in [3.05, 3.63) is 60.8 Å². The van der Waals surface area contributed by atoms with E-state index in [4.69, 9.17) is 0 Å². The van der Waals surface area contributed by atoms with Crippen LogP contribution in [0.25, 0.3) is 5.69 Å². The summed E-state index contributed by atoms with van der Waals surface area (Å²) in [5, 5.41) is 0. The van der Waals surface area contributed by atoms with E-state index in [1.807, 2.05) is 0 Å². The van der Waals surface area contributed by atoms with Crippen LogP contribution >= 0.6 is 0 Å². The zero-order valence-electron chi connectivity index (χ0n) is 15.2. The van der Waals surface area contributed by atoms with Crippen LogP contribution in [-0.4, -0.2) is 47.6 Å². The van der Waals surface area contributed by atoms with Gasteiger partial charge < -0.3 is 9.47 Å². The summed E-state index contributed by atoms with van der Waals surface area (Å²) in [6, 6.07) is 13.6. The van der Waals surface area contributed by atoms with E-state index in [9.17, 15) is 0 Å². The van der Waals surface area contributed by atoms with Crippen molar-refractivity contribution in [2.75, 3.05) is 27.2 Å². The molecule has 3 nitrogen and oxygen atoms in total. The second-order valence-corrected chi connectivity index (χ2v) is 7.12. The van der Waals surface area contributed by atoms with Gasteiger partial charge in [-0.2, -0.15) is 0 Å². The van der Waals surface area contributed by atoms with E-state index < -0.39 is 0 Å². The number of rotatable bonds is 6. The molecule has 1 aliphatic rings. The van der Waals surface area contributed by atoms with Gasteiger partial charge in [0.15, 0.2) is 0 Å². The summed E-state index contributed by atoms with van der Waals surface area (Å²) in [5.41, 5.74) is 2.72. The largest absolute Gasteiger partial charge is 0.324 e. The Labute approximate surface area is 146 Å². The lowest BCUT2D eigenvalue weighted by Crippen LogP contribution is -2.42. The molecule has 0 bridgehead atoms. The minimum absolute atomic E-state index is 0.610. The van der Waals surface area contributed by atoms with E-state index in [0.29, 0.717) is 6.04 Å². The van der Waals surface area contributed by atoms with Crippen LogP contribution < -0.4 is 0 Å². The Kier molecular flexibility index (Phi) is 5.75. The van der Waals surface area contributed by atoms with Crippen molar-refractivity contribution < 1.29 is 0 Å². The Bertz CT molecular complexity index is 610. The number of para-hydroxylation sites is 1. The van der Waals surface area contributed by atoms with Crippen molar-refractivity contribution in [3.8, 4) is 5.69 Å². The number of piperidine rings is 1. The molecule has 3 heteroatoms. The van der Waals surface area contributed by atoms with E-state index >= 15 is 0 Å². The highest BCUT2D eigenvalue weighted by Gasteiger charge is 2.27. The second-order valence-electron chi connectivity index (χ2n) is 7.12. The van der Waals surface area contributed by atoms with Crippen LogP contribution in [-0.2, 0) is 6.54 Å². The Morgan fingerprint density at radius 1 is 1.08 bits per heavy atom. The highest BCUT2D eigenvalue weighted by atomic mass is 15.1. The van der Waals surface area contributed by atoms with Gasteiger partial charge >= 0.3 is 0 Å². The molecule has 1 aromatic carbocycles. The van der Waals surface area contributed by atoms with Crippen LogP contribution in [0.5, 0.6) is 0 Å². The average molecular weight is 324 g/mol. The van der Waals surface area contributed by atoms with Gasteiger partial charge in [-0.25, -0.2) is 0 Å². The number of benzene rings is 1.